The lowest BCUT2D eigenvalue weighted by Gasteiger charge is -2.21. The van der Waals surface area contributed by atoms with E-state index in [-0.39, 0.29) is 17.5 Å². The summed E-state index contributed by atoms with van der Waals surface area (Å²) in [5.74, 6) is 0.854. The molecule has 0 atom stereocenters. The quantitative estimate of drug-likeness (QED) is 0.687. The third-order valence-corrected chi connectivity index (χ3v) is 4.29. The third kappa shape index (κ3) is 3.45. The minimum absolute atomic E-state index is 0.187. The van der Waals surface area contributed by atoms with Gasteiger partial charge in [0.25, 0.3) is 5.91 Å². The molecule has 5 heteroatoms. The maximum absolute atomic E-state index is 13.1. The summed E-state index contributed by atoms with van der Waals surface area (Å²) in [4.78, 5) is 18.8. The van der Waals surface area contributed by atoms with Crippen LogP contribution in [0.4, 0.5) is 10.1 Å². The smallest absolute Gasteiger partial charge is 0.294 e. The van der Waals surface area contributed by atoms with Gasteiger partial charge in [0.1, 0.15) is 11.6 Å². The molecular weight excluding hydrogens is 319 g/mol. The lowest BCUT2D eigenvalue weighted by atomic mass is 10.2. The van der Waals surface area contributed by atoms with Crippen molar-refractivity contribution in [3.05, 3.63) is 72.5 Å². The molecule has 1 fully saturated rings. The third-order valence-electron chi connectivity index (χ3n) is 4.29. The van der Waals surface area contributed by atoms with E-state index in [9.17, 15) is 9.18 Å². The highest BCUT2D eigenvalue weighted by Gasteiger charge is 2.29. The first-order valence-corrected chi connectivity index (χ1v) is 8.28. The molecule has 0 saturated heterocycles. The van der Waals surface area contributed by atoms with Gasteiger partial charge in [-0.3, -0.25) is 9.78 Å². The Kier molecular flexibility index (Phi) is 4.06. The van der Waals surface area contributed by atoms with Gasteiger partial charge in [-0.05, 0) is 67.3 Å². The Morgan fingerprint density at radius 3 is 2.64 bits per heavy atom. The Hall–Kier alpha value is -2.95. The Balaban J connectivity index is 1.61. The van der Waals surface area contributed by atoms with Gasteiger partial charge in [0.05, 0.1) is 11.9 Å². The van der Waals surface area contributed by atoms with Crippen LogP contribution in [-0.4, -0.2) is 17.4 Å². The van der Waals surface area contributed by atoms with Crippen molar-refractivity contribution in [2.75, 3.05) is 11.4 Å². The molecule has 0 aliphatic heterocycles. The van der Waals surface area contributed by atoms with E-state index >= 15 is 0 Å². The maximum Gasteiger partial charge on any atom is 0.294 e. The molecule has 0 N–H and O–H groups in total. The predicted octanol–water partition coefficient (Wildman–Crippen LogP) is 4.54. The van der Waals surface area contributed by atoms with Crippen LogP contribution >= 0.6 is 0 Å². The van der Waals surface area contributed by atoms with Gasteiger partial charge >= 0.3 is 0 Å². The highest BCUT2D eigenvalue weighted by molar-refractivity contribution is 6.04. The van der Waals surface area contributed by atoms with Gasteiger partial charge in [0.2, 0.25) is 0 Å². The number of pyridine rings is 1. The average Bonchev–Trinajstić information content (AvgIpc) is 3.34. The van der Waals surface area contributed by atoms with E-state index in [0.29, 0.717) is 18.2 Å². The van der Waals surface area contributed by atoms with E-state index in [2.05, 4.69) is 4.98 Å². The number of amides is 1. The SMILES string of the molecule is O=C(c1ccc(-c2ccc(F)cc2)o1)N(CC1CC1)c1cccnc1. The van der Waals surface area contributed by atoms with Crippen molar-refractivity contribution in [1.82, 2.24) is 4.98 Å². The number of anilines is 1. The topological polar surface area (TPSA) is 46.3 Å². The number of hydrogen-bond donors (Lipinski definition) is 0. The zero-order valence-electron chi connectivity index (χ0n) is 13.6. The second-order valence-electron chi connectivity index (χ2n) is 6.24. The molecule has 25 heavy (non-hydrogen) atoms. The zero-order chi connectivity index (χ0) is 17.2. The lowest BCUT2D eigenvalue weighted by molar-refractivity contribution is 0.0959. The molecule has 0 radical (unpaired) electrons. The van der Waals surface area contributed by atoms with Gasteiger partial charge in [-0.25, -0.2) is 4.39 Å². The molecule has 1 saturated carbocycles. The number of nitrogens with zero attached hydrogens (tertiary/aromatic N) is 2. The first-order chi connectivity index (χ1) is 12.2. The van der Waals surface area contributed by atoms with E-state index in [1.54, 1.807) is 41.6 Å². The van der Waals surface area contributed by atoms with Crippen LogP contribution in [0.25, 0.3) is 11.3 Å². The number of halogens is 1. The highest BCUT2D eigenvalue weighted by atomic mass is 19.1. The molecule has 1 aromatic carbocycles. The van der Waals surface area contributed by atoms with Crippen LogP contribution in [-0.2, 0) is 0 Å². The maximum atomic E-state index is 13.1. The van der Waals surface area contributed by atoms with Crippen molar-refractivity contribution in [3.8, 4) is 11.3 Å². The standard InChI is InChI=1S/C20H17FN2O2/c21-16-7-5-15(6-8-16)18-9-10-19(25-18)20(24)23(13-14-3-4-14)17-2-1-11-22-12-17/h1-2,5-12,14H,3-4,13H2. The molecule has 126 valence electrons. The van der Waals surface area contributed by atoms with E-state index in [1.165, 1.54) is 12.1 Å². The van der Waals surface area contributed by atoms with E-state index in [1.807, 2.05) is 12.1 Å². The lowest BCUT2D eigenvalue weighted by Crippen LogP contribution is -2.32. The molecule has 0 bridgehead atoms. The Labute approximate surface area is 144 Å². The Morgan fingerprint density at radius 1 is 1.16 bits per heavy atom. The van der Waals surface area contributed by atoms with Crippen LogP contribution in [0.1, 0.15) is 23.4 Å². The number of benzene rings is 1. The van der Waals surface area contributed by atoms with E-state index in [0.717, 1.165) is 24.1 Å². The minimum atomic E-state index is -0.307. The normalized spacial score (nSPS) is 13.6. The van der Waals surface area contributed by atoms with Gasteiger partial charge in [-0.2, -0.15) is 0 Å². The monoisotopic (exact) mass is 336 g/mol. The van der Waals surface area contributed by atoms with Gasteiger partial charge < -0.3 is 9.32 Å². The van der Waals surface area contributed by atoms with Gasteiger partial charge in [0, 0.05) is 18.3 Å². The van der Waals surface area contributed by atoms with Crippen molar-refractivity contribution in [2.45, 2.75) is 12.8 Å². The molecule has 1 amide bonds. The number of carbonyl (C=O) groups excluding carboxylic acids is 1. The fraction of sp³-hybridized carbons (Fsp3) is 0.200. The first kappa shape index (κ1) is 15.6. The molecule has 4 rings (SSSR count). The fourth-order valence-corrected chi connectivity index (χ4v) is 2.73. The summed E-state index contributed by atoms with van der Waals surface area (Å²) in [5, 5.41) is 0. The zero-order valence-corrected chi connectivity index (χ0v) is 13.6. The average molecular weight is 336 g/mol. The first-order valence-electron chi connectivity index (χ1n) is 8.28. The number of rotatable bonds is 5. The summed E-state index contributed by atoms with van der Waals surface area (Å²) in [6.45, 7) is 0.664. The summed E-state index contributed by atoms with van der Waals surface area (Å²) in [5.41, 5.74) is 1.50. The molecule has 0 unspecified atom stereocenters. The predicted molar refractivity (Wildman–Crippen MR) is 92.7 cm³/mol. The number of hydrogen-bond acceptors (Lipinski definition) is 3. The van der Waals surface area contributed by atoms with Gasteiger partial charge in [-0.1, -0.05) is 0 Å². The van der Waals surface area contributed by atoms with Crippen molar-refractivity contribution >= 4 is 11.6 Å². The largest absolute Gasteiger partial charge is 0.451 e. The fourth-order valence-electron chi connectivity index (χ4n) is 2.73. The van der Waals surface area contributed by atoms with E-state index < -0.39 is 0 Å². The van der Waals surface area contributed by atoms with Crippen LogP contribution in [0, 0.1) is 11.7 Å². The number of aromatic nitrogens is 1. The van der Waals surface area contributed by atoms with E-state index in [4.69, 9.17) is 4.42 Å². The van der Waals surface area contributed by atoms with Crippen LogP contribution in [0.3, 0.4) is 0 Å². The summed E-state index contributed by atoms with van der Waals surface area (Å²) < 4.78 is 18.8. The van der Waals surface area contributed by atoms with Crippen LogP contribution in [0.2, 0.25) is 0 Å². The minimum Gasteiger partial charge on any atom is -0.451 e. The summed E-state index contributed by atoms with van der Waals surface area (Å²) in [6, 6.07) is 13.1. The molecular formula is C20H17FN2O2. The Morgan fingerprint density at radius 2 is 1.96 bits per heavy atom. The molecule has 2 heterocycles. The van der Waals surface area contributed by atoms with Crippen molar-refractivity contribution in [3.63, 3.8) is 0 Å². The van der Waals surface area contributed by atoms with Crippen molar-refractivity contribution < 1.29 is 13.6 Å². The van der Waals surface area contributed by atoms with Crippen molar-refractivity contribution in [2.24, 2.45) is 5.92 Å². The van der Waals surface area contributed by atoms with Crippen LogP contribution in [0.5, 0.6) is 0 Å². The molecule has 0 spiro atoms. The summed E-state index contributed by atoms with van der Waals surface area (Å²) in [7, 11) is 0. The second kappa shape index (κ2) is 6.51. The molecule has 1 aliphatic carbocycles. The number of furan rings is 1. The molecule has 3 aromatic rings. The summed E-state index contributed by atoms with van der Waals surface area (Å²) >= 11 is 0. The highest BCUT2D eigenvalue weighted by Crippen LogP contribution is 2.32. The van der Waals surface area contributed by atoms with Gasteiger partial charge in [-0.15, -0.1) is 0 Å². The summed E-state index contributed by atoms with van der Waals surface area (Å²) in [6.07, 6.45) is 5.65. The number of carbonyl (C=O) groups is 1. The molecule has 2 aromatic heterocycles. The second-order valence-corrected chi connectivity index (χ2v) is 6.24. The van der Waals surface area contributed by atoms with Crippen molar-refractivity contribution in [1.29, 1.82) is 0 Å². The van der Waals surface area contributed by atoms with Crippen LogP contribution < -0.4 is 4.90 Å². The molecule has 4 nitrogen and oxygen atoms in total. The van der Waals surface area contributed by atoms with Crippen LogP contribution in [0.15, 0.2) is 65.3 Å². The molecule has 1 aliphatic rings. The van der Waals surface area contributed by atoms with Gasteiger partial charge in [0.15, 0.2) is 5.76 Å². The Bertz CT molecular complexity index is 870.